The van der Waals surface area contributed by atoms with Crippen LogP contribution in [0.1, 0.15) is 5.01 Å². The minimum absolute atomic E-state index is 0.00471. The topological polar surface area (TPSA) is 120 Å². The van der Waals surface area contributed by atoms with Crippen LogP contribution < -0.4 is 10.9 Å². The fourth-order valence-corrected chi connectivity index (χ4v) is 3.69. The fourth-order valence-electron chi connectivity index (χ4n) is 2.75. The second kappa shape index (κ2) is 7.16. The number of aromatic nitrogens is 3. The molecule has 2 aromatic carbocycles. The summed E-state index contributed by atoms with van der Waals surface area (Å²) < 4.78 is 1.92. The molecule has 140 valence electrons. The Labute approximate surface area is 161 Å². The van der Waals surface area contributed by atoms with E-state index < -0.39 is 4.92 Å². The minimum Gasteiger partial charge on any atom is -0.348 e. The van der Waals surface area contributed by atoms with Gasteiger partial charge in [-0.2, -0.15) is 0 Å². The van der Waals surface area contributed by atoms with E-state index in [2.05, 4.69) is 15.3 Å². The number of para-hydroxylation sites is 1. The highest BCUT2D eigenvalue weighted by atomic mass is 32.1. The predicted octanol–water partition coefficient (Wildman–Crippen LogP) is 2.23. The van der Waals surface area contributed by atoms with E-state index in [0.29, 0.717) is 26.1 Å². The van der Waals surface area contributed by atoms with Crippen molar-refractivity contribution in [1.82, 2.24) is 19.9 Å². The van der Waals surface area contributed by atoms with E-state index in [0.717, 1.165) is 0 Å². The standard InChI is InChI=1S/C18H13N5O4S/c24-16(9-22-10-20-13-4-2-1-3-12(13)18(22)25)19-8-17-21-14-6-5-11(23(26)27)7-15(14)28-17/h1-7,10H,8-9H2,(H,19,24). The van der Waals surface area contributed by atoms with Gasteiger partial charge in [-0.3, -0.25) is 24.3 Å². The van der Waals surface area contributed by atoms with Crippen LogP contribution in [-0.4, -0.2) is 25.4 Å². The Bertz CT molecular complexity index is 1280. The van der Waals surface area contributed by atoms with E-state index in [1.807, 2.05) is 0 Å². The van der Waals surface area contributed by atoms with Gasteiger partial charge in [-0.15, -0.1) is 11.3 Å². The maximum atomic E-state index is 12.4. The van der Waals surface area contributed by atoms with Crippen LogP contribution >= 0.6 is 11.3 Å². The molecule has 0 bridgehead atoms. The van der Waals surface area contributed by atoms with Crippen LogP contribution in [0.2, 0.25) is 0 Å². The number of nitrogens with one attached hydrogen (secondary N) is 1. The molecule has 2 heterocycles. The lowest BCUT2D eigenvalue weighted by atomic mass is 10.2. The summed E-state index contributed by atoms with van der Waals surface area (Å²) in [5.41, 5.74) is 0.922. The van der Waals surface area contributed by atoms with Crippen LogP contribution in [0.4, 0.5) is 5.69 Å². The highest BCUT2D eigenvalue weighted by Crippen LogP contribution is 2.26. The van der Waals surface area contributed by atoms with E-state index in [4.69, 9.17) is 0 Å². The zero-order valence-electron chi connectivity index (χ0n) is 14.4. The van der Waals surface area contributed by atoms with Crippen molar-refractivity contribution < 1.29 is 9.72 Å². The maximum absolute atomic E-state index is 12.4. The molecule has 2 aromatic heterocycles. The third kappa shape index (κ3) is 3.45. The lowest BCUT2D eigenvalue weighted by Gasteiger charge is -2.07. The SMILES string of the molecule is O=C(Cn1cnc2ccccc2c1=O)NCc1nc2ccc([N+](=O)[O-])cc2s1. The van der Waals surface area contributed by atoms with E-state index >= 15 is 0 Å². The number of fused-ring (bicyclic) bond motifs is 2. The molecule has 0 saturated carbocycles. The first-order valence-corrected chi connectivity index (χ1v) is 9.07. The number of hydrogen-bond acceptors (Lipinski definition) is 7. The van der Waals surface area contributed by atoms with Gasteiger partial charge in [-0.1, -0.05) is 12.1 Å². The molecule has 0 aliphatic rings. The highest BCUT2D eigenvalue weighted by Gasteiger charge is 2.12. The smallest absolute Gasteiger partial charge is 0.270 e. The van der Waals surface area contributed by atoms with Crippen LogP contribution in [0.5, 0.6) is 0 Å². The van der Waals surface area contributed by atoms with Gasteiger partial charge in [0, 0.05) is 12.1 Å². The molecule has 1 amide bonds. The van der Waals surface area contributed by atoms with Crippen LogP contribution in [0, 0.1) is 10.1 Å². The molecule has 9 nitrogen and oxygen atoms in total. The molecular formula is C18H13N5O4S. The zero-order chi connectivity index (χ0) is 19.7. The summed E-state index contributed by atoms with van der Waals surface area (Å²) in [6.45, 7) is 0.00870. The largest absolute Gasteiger partial charge is 0.348 e. The zero-order valence-corrected chi connectivity index (χ0v) is 15.2. The van der Waals surface area contributed by atoms with Crippen molar-refractivity contribution in [3.8, 4) is 0 Å². The number of rotatable bonds is 5. The molecule has 0 aliphatic heterocycles. The molecular weight excluding hydrogens is 382 g/mol. The Balaban J connectivity index is 1.46. The number of thiazole rings is 1. The molecule has 0 radical (unpaired) electrons. The second-order valence-corrected chi connectivity index (χ2v) is 7.10. The third-order valence-electron chi connectivity index (χ3n) is 4.11. The van der Waals surface area contributed by atoms with Gasteiger partial charge in [-0.25, -0.2) is 9.97 Å². The first-order valence-electron chi connectivity index (χ1n) is 8.26. The molecule has 28 heavy (non-hydrogen) atoms. The second-order valence-electron chi connectivity index (χ2n) is 5.99. The first kappa shape index (κ1) is 17.7. The van der Waals surface area contributed by atoms with Gasteiger partial charge >= 0.3 is 0 Å². The fraction of sp³-hybridized carbons (Fsp3) is 0.111. The van der Waals surface area contributed by atoms with Crippen LogP contribution in [0.3, 0.4) is 0 Å². The number of nitrogens with zero attached hydrogens (tertiary/aromatic N) is 4. The number of benzene rings is 2. The highest BCUT2D eigenvalue weighted by molar-refractivity contribution is 7.18. The molecule has 0 unspecified atom stereocenters. The van der Waals surface area contributed by atoms with Crippen LogP contribution in [0.25, 0.3) is 21.1 Å². The van der Waals surface area contributed by atoms with Crippen LogP contribution in [0.15, 0.2) is 53.6 Å². The Morgan fingerprint density at radius 1 is 1.21 bits per heavy atom. The number of carbonyl (C=O) groups excluding carboxylic acids is 1. The quantitative estimate of drug-likeness (QED) is 0.409. The summed E-state index contributed by atoms with van der Waals surface area (Å²) in [6.07, 6.45) is 1.35. The molecule has 1 N–H and O–H groups in total. The number of hydrogen-bond donors (Lipinski definition) is 1. The Kier molecular flexibility index (Phi) is 4.53. The first-order chi connectivity index (χ1) is 13.5. The molecule has 4 aromatic rings. The van der Waals surface area contributed by atoms with Crippen molar-refractivity contribution in [3.05, 3.63) is 74.3 Å². The Morgan fingerprint density at radius 3 is 2.86 bits per heavy atom. The molecule has 0 aliphatic carbocycles. The molecule has 0 atom stereocenters. The van der Waals surface area contributed by atoms with Crippen molar-refractivity contribution in [1.29, 1.82) is 0 Å². The average molecular weight is 395 g/mol. The van der Waals surface area contributed by atoms with Crippen LogP contribution in [-0.2, 0) is 17.9 Å². The maximum Gasteiger partial charge on any atom is 0.270 e. The Hall–Kier alpha value is -3.66. The lowest BCUT2D eigenvalue weighted by molar-refractivity contribution is -0.384. The summed E-state index contributed by atoms with van der Waals surface area (Å²) in [5.74, 6) is -0.357. The van der Waals surface area contributed by atoms with Gasteiger partial charge < -0.3 is 5.32 Å². The molecule has 4 rings (SSSR count). The lowest BCUT2D eigenvalue weighted by Crippen LogP contribution is -2.32. The van der Waals surface area contributed by atoms with E-state index in [1.165, 1.54) is 34.4 Å². The normalized spacial score (nSPS) is 11.0. The summed E-state index contributed by atoms with van der Waals surface area (Å²) in [5, 5.41) is 14.6. The van der Waals surface area contributed by atoms with Crippen molar-refractivity contribution in [2.45, 2.75) is 13.1 Å². The number of nitro benzene ring substituents is 1. The predicted molar refractivity (Wildman–Crippen MR) is 104 cm³/mol. The van der Waals surface area contributed by atoms with Gasteiger partial charge in [-0.05, 0) is 18.2 Å². The van der Waals surface area contributed by atoms with E-state index in [1.54, 1.807) is 30.3 Å². The molecule has 0 fully saturated rings. The third-order valence-corrected chi connectivity index (χ3v) is 5.13. The van der Waals surface area contributed by atoms with Gasteiger partial charge in [0.25, 0.3) is 11.2 Å². The number of amides is 1. The number of carbonyl (C=O) groups is 1. The summed E-state index contributed by atoms with van der Waals surface area (Å²) in [7, 11) is 0. The summed E-state index contributed by atoms with van der Waals surface area (Å²) in [6, 6.07) is 11.4. The van der Waals surface area contributed by atoms with E-state index in [-0.39, 0.29) is 30.2 Å². The van der Waals surface area contributed by atoms with Crippen molar-refractivity contribution in [2.24, 2.45) is 0 Å². The van der Waals surface area contributed by atoms with Gasteiger partial charge in [0.2, 0.25) is 5.91 Å². The minimum atomic E-state index is -0.462. The van der Waals surface area contributed by atoms with Crippen molar-refractivity contribution >= 4 is 44.1 Å². The molecule has 0 saturated heterocycles. The molecule has 0 spiro atoms. The van der Waals surface area contributed by atoms with Gasteiger partial charge in [0.1, 0.15) is 11.6 Å². The summed E-state index contributed by atoms with van der Waals surface area (Å²) >= 11 is 1.27. The van der Waals surface area contributed by atoms with Gasteiger partial charge in [0.15, 0.2) is 0 Å². The number of non-ortho nitro benzene ring substituents is 1. The van der Waals surface area contributed by atoms with Crippen molar-refractivity contribution in [3.63, 3.8) is 0 Å². The van der Waals surface area contributed by atoms with Crippen molar-refractivity contribution in [2.75, 3.05) is 0 Å². The monoisotopic (exact) mass is 395 g/mol. The Morgan fingerprint density at radius 2 is 2.04 bits per heavy atom. The number of nitro groups is 1. The van der Waals surface area contributed by atoms with E-state index in [9.17, 15) is 19.7 Å². The molecule has 10 heteroatoms. The summed E-state index contributed by atoms with van der Waals surface area (Å²) in [4.78, 5) is 43.6. The van der Waals surface area contributed by atoms with Gasteiger partial charge in [0.05, 0.1) is 38.9 Å². The average Bonchev–Trinajstić information content (AvgIpc) is 3.11.